The monoisotopic (exact) mass is 740 g/mol. The van der Waals surface area contributed by atoms with Crippen LogP contribution in [0.15, 0.2) is 182 Å². The standard InChI is InChI=1S/C54H36N4/c1-54(2)47-24-14-13-23-42(47)44-31-46-45-29-35(53-56-51(33-15-5-3-6-16-33)55-52(57-53)34-17-7-4-8-18-34)25-28-49(45)58(50(46)32-48(44)54)36-26-27-41-39-21-10-9-19-37(39)38-20-11-12-22-40(38)43(41)30-36/h3-32H,1-2H3. The van der Waals surface area contributed by atoms with E-state index in [1.807, 2.05) is 36.4 Å². The minimum atomic E-state index is -0.141. The summed E-state index contributed by atoms with van der Waals surface area (Å²) in [6.45, 7) is 4.72. The van der Waals surface area contributed by atoms with Crippen molar-refractivity contribution in [3.8, 4) is 51.0 Å². The molecule has 0 spiro atoms. The molecule has 0 bridgehead atoms. The van der Waals surface area contributed by atoms with Crippen molar-refractivity contribution in [2.24, 2.45) is 0 Å². The Morgan fingerprint density at radius 3 is 1.50 bits per heavy atom. The van der Waals surface area contributed by atoms with E-state index in [-0.39, 0.29) is 5.41 Å². The minimum absolute atomic E-state index is 0.141. The normalized spacial score (nSPS) is 13.1. The summed E-state index contributed by atoms with van der Waals surface area (Å²) in [5.41, 5.74) is 11.5. The molecule has 4 nitrogen and oxygen atoms in total. The number of nitrogens with zero attached hydrogens (tertiary/aromatic N) is 4. The smallest absolute Gasteiger partial charge is 0.164 e. The average molecular weight is 741 g/mol. The molecule has 58 heavy (non-hydrogen) atoms. The Morgan fingerprint density at radius 2 is 0.862 bits per heavy atom. The molecule has 272 valence electrons. The van der Waals surface area contributed by atoms with E-state index in [0.29, 0.717) is 17.5 Å². The summed E-state index contributed by atoms with van der Waals surface area (Å²) in [6, 6.07) is 65.5. The van der Waals surface area contributed by atoms with Crippen molar-refractivity contribution in [2.75, 3.05) is 0 Å². The second-order valence-electron chi connectivity index (χ2n) is 16.0. The fraction of sp³-hybridized carbons (Fsp3) is 0.0556. The van der Waals surface area contributed by atoms with Crippen LogP contribution < -0.4 is 0 Å². The summed E-state index contributed by atoms with van der Waals surface area (Å²) in [6.07, 6.45) is 0. The zero-order chi connectivity index (χ0) is 38.5. The van der Waals surface area contributed by atoms with E-state index in [9.17, 15) is 0 Å². The first kappa shape index (κ1) is 32.8. The van der Waals surface area contributed by atoms with Crippen molar-refractivity contribution in [1.82, 2.24) is 19.5 Å². The Labute approximate surface area is 335 Å². The molecule has 4 heteroatoms. The van der Waals surface area contributed by atoms with E-state index in [0.717, 1.165) is 33.3 Å². The van der Waals surface area contributed by atoms with E-state index < -0.39 is 0 Å². The van der Waals surface area contributed by atoms with E-state index in [4.69, 9.17) is 15.0 Å². The molecule has 2 aromatic heterocycles. The Bertz CT molecular complexity index is 3380. The molecular formula is C54H36N4. The fourth-order valence-electron chi connectivity index (χ4n) is 9.60. The van der Waals surface area contributed by atoms with Crippen LogP contribution in [0.3, 0.4) is 0 Å². The Hall–Kier alpha value is -7.43. The maximum absolute atomic E-state index is 5.12. The second kappa shape index (κ2) is 12.3. The van der Waals surface area contributed by atoms with Crippen molar-refractivity contribution < 1.29 is 0 Å². The van der Waals surface area contributed by atoms with Crippen molar-refractivity contribution in [3.63, 3.8) is 0 Å². The highest BCUT2D eigenvalue weighted by Gasteiger charge is 2.36. The topological polar surface area (TPSA) is 43.6 Å². The van der Waals surface area contributed by atoms with Gasteiger partial charge in [-0.3, -0.25) is 0 Å². The van der Waals surface area contributed by atoms with Crippen LogP contribution in [0.2, 0.25) is 0 Å². The average Bonchev–Trinajstić information content (AvgIpc) is 3.73. The van der Waals surface area contributed by atoms with E-state index in [1.54, 1.807) is 0 Å². The van der Waals surface area contributed by atoms with E-state index in [1.165, 1.54) is 65.5 Å². The number of fused-ring (bicyclic) bond motifs is 12. The van der Waals surface area contributed by atoms with Gasteiger partial charge in [0.2, 0.25) is 0 Å². The van der Waals surface area contributed by atoms with Gasteiger partial charge in [0, 0.05) is 38.6 Å². The molecule has 1 aliphatic carbocycles. The van der Waals surface area contributed by atoms with Gasteiger partial charge < -0.3 is 4.57 Å². The molecule has 0 radical (unpaired) electrons. The number of hydrogen-bond donors (Lipinski definition) is 0. The zero-order valence-corrected chi connectivity index (χ0v) is 32.1. The predicted octanol–water partition coefficient (Wildman–Crippen LogP) is 13.7. The van der Waals surface area contributed by atoms with Gasteiger partial charge in [-0.15, -0.1) is 0 Å². The van der Waals surface area contributed by atoms with Gasteiger partial charge in [-0.25, -0.2) is 15.0 Å². The Morgan fingerprint density at radius 1 is 0.345 bits per heavy atom. The van der Waals surface area contributed by atoms with Crippen molar-refractivity contribution in [1.29, 1.82) is 0 Å². The highest BCUT2D eigenvalue weighted by atomic mass is 15.0. The van der Waals surface area contributed by atoms with Gasteiger partial charge in [-0.1, -0.05) is 153 Å². The lowest BCUT2D eigenvalue weighted by molar-refractivity contribution is 0.661. The molecule has 12 rings (SSSR count). The molecule has 0 amide bonds. The van der Waals surface area contributed by atoms with Gasteiger partial charge in [0.15, 0.2) is 17.5 Å². The molecule has 2 heterocycles. The summed E-state index contributed by atoms with van der Waals surface area (Å²) in [4.78, 5) is 15.2. The van der Waals surface area contributed by atoms with Crippen molar-refractivity contribution in [3.05, 3.63) is 193 Å². The van der Waals surface area contributed by atoms with Crippen molar-refractivity contribution in [2.45, 2.75) is 19.3 Å². The van der Waals surface area contributed by atoms with Crippen LogP contribution in [0, 0.1) is 0 Å². The molecule has 0 fully saturated rings. The van der Waals surface area contributed by atoms with Gasteiger partial charge in [0.05, 0.1) is 11.0 Å². The number of aromatic nitrogens is 4. The quantitative estimate of drug-likeness (QED) is 0.169. The number of rotatable bonds is 4. The van der Waals surface area contributed by atoms with Crippen LogP contribution in [-0.4, -0.2) is 19.5 Å². The van der Waals surface area contributed by atoms with Crippen LogP contribution in [0.4, 0.5) is 0 Å². The predicted molar refractivity (Wildman–Crippen MR) is 241 cm³/mol. The molecule has 1 aliphatic rings. The molecule has 0 N–H and O–H groups in total. The molecule has 0 atom stereocenters. The van der Waals surface area contributed by atoms with E-state index >= 15 is 0 Å². The first-order chi connectivity index (χ1) is 28.5. The molecular weight excluding hydrogens is 705 g/mol. The van der Waals surface area contributed by atoms with Gasteiger partial charge in [-0.05, 0) is 97.0 Å². The first-order valence-corrected chi connectivity index (χ1v) is 19.9. The lowest BCUT2D eigenvalue weighted by Gasteiger charge is -2.21. The van der Waals surface area contributed by atoms with Crippen LogP contribution in [0.5, 0.6) is 0 Å². The third kappa shape index (κ3) is 4.78. The third-order valence-corrected chi connectivity index (χ3v) is 12.4. The summed E-state index contributed by atoms with van der Waals surface area (Å²) in [5.74, 6) is 1.95. The molecule has 0 saturated carbocycles. The maximum atomic E-state index is 5.12. The summed E-state index contributed by atoms with van der Waals surface area (Å²) in [7, 11) is 0. The molecule has 0 unspecified atom stereocenters. The molecule has 0 aliphatic heterocycles. The van der Waals surface area contributed by atoms with Gasteiger partial charge in [-0.2, -0.15) is 0 Å². The number of hydrogen-bond acceptors (Lipinski definition) is 3. The molecule has 0 saturated heterocycles. The lowest BCUT2D eigenvalue weighted by Crippen LogP contribution is -2.14. The minimum Gasteiger partial charge on any atom is -0.309 e. The fourth-order valence-corrected chi connectivity index (χ4v) is 9.60. The second-order valence-corrected chi connectivity index (χ2v) is 16.0. The SMILES string of the molecule is CC1(C)c2ccccc2-c2cc3c4cc(-c5nc(-c6ccccc6)nc(-c6ccccc6)n5)ccc4n(-c4ccc5c6ccccc6c6ccccc6c5c4)c3cc21. The van der Waals surface area contributed by atoms with Crippen LogP contribution in [0.1, 0.15) is 25.0 Å². The highest BCUT2D eigenvalue weighted by Crippen LogP contribution is 2.51. The Balaban J connectivity index is 1.15. The molecule has 9 aromatic carbocycles. The van der Waals surface area contributed by atoms with Gasteiger partial charge in [0.25, 0.3) is 0 Å². The zero-order valence-electron chi connectivity index (χ0n) is 32.1. The summed E-state index contributed by atoms with van der Waals surface area (Å²) in [5, 5.41) is 9.96. The highest BCUT2D eigenvalue weighted by molar-refractivity contribution is 6.25. The van der Waals surface area contributed by atoms with E-state index in [2.05, 4.69) is 164 Å². The van der Waals surface area contributed by atoms with Crippen LogP contribution in [-0.2, 0) is 5.41 Å². The largest absolute Gasteiger partial charge is 0.309 e. The summed E-state index contributed by atoms with van der Waals surface area (Å²) < 4.78 is 2.47. The van der Waals surface area contributed by atoms with Crippen LogP contribution >= 0.6 is 0 Å². The van der Waals surface area contributed by atoms with Gasteiger partial charge in [0.1, 0.15) is 0 Å². The first-order valence-electron chi connectivity index (χ1n) is 19.9. The van der Waals surface area contributed by atoms with Crippen LogP contribution in [0.25, 0.3) is 105 Å². The summed E-state index contributed by atoms with van der Waals surface area (Å²) >= 11 is 0. The number of benzene rings is 9. The maximum Gasteiger partial charge on any atom is 0.164 e. The van der Waals surface area contributed by atoms with Gasteiger partial charge >= 0.3 is 0 Å². The molecule has 11 aromatic rings. The lowest BCUT2D eigenvalue weighted by atomic mass is 9.82. The third-order valence-electron chi connectivity index (χ3n) is 12.4. The Kier molecular flexibility index (Phi) is 6.94. The van der Waals surface area contributed by atoms with Crippen molar-refractivity contribution >= 4 is 54.1 Å².